The van der Waals surface area contributed by atoms with E-state index in [9.17, 15) is 5.11 Å². The molecule has 1 aromatic heterocycles. The molecule has 0 radical (unpaired) electrons. The van der Waals surface area contributed by atoms with E-state index < -0.39 is 0 Å². The highest BCUT2D eigenvalue weighted by Crippen LogP contribution is 2.31. The van der Waals surface area contributed by atoms with Crippen molar-refractivity contribution >= 4 is 0 Å². The molecule has 0 aromatic carbocycles. The quantitative estimate of drug-likeness (QED) is 0.699. The summed E-state index contributed by atoms with van der Waals surface area (Å²) in [5, 5.41) is 9.58. The van der Waals surface area contributed by atoms with E-state index in [0.717, 1.165) is 24.8 Å². The second-order valence-corrected chi connectivity index (χ2v) is 4.02. The third-order valence-electron chi connectivity index (χ3n) is 2.99. The Labute approximate surface area is 84.0 Å². The van der Waals surface area contributed by atoms with E-state index in [1.165, 1.54) is 0 Å². The fraction of sp³-hybridized carbons (Fsp3) is 0.545. The van der Waals surface area contributed by atoms with Crippen LogP contribution in [-0.2, 0) is 0 Å². The number of hydrogen-bond donors (Lipinski definition) is 2. The lowest BCUT2D eigenvalue weighted by Gasteiger charge is -2.31. The second-order valence-electron chi connectivity index (χ2n) is 4.02. The van der Waals surface area contributed by atoms with Gasteiger partial charge in [-0.25, -0.2) is 0 Å². The minimum atomic E-state index is -0.194. The molecule has 1 fully saturated rings. The van der Waals surface area contributed by atoms with Gasteiger partial charge in [0, 0.05) is 24.4 Å². The Morgan fingerprint density at radius 1 is 1.43 bits per heavy atom. The van der Waals surface area contributed by atoms with Crippen molar-refractivity contribution in [1.29, 1.82) is 0 Å². The number of aromatic nitrogens is 1. The molecule has 1 saturated carbocycles. The standard InChI is InChI=1S/C11H16N2O/c12-11-4-3-9(14)6-10(11)8-2-1-5-13-7-8/h1-2,5,7,9-11,14H,3-4,6,12H2. The highest BCUT2D eigenvalue weighted by Gasteiger charge is 2.28. The predicted octanol–water partition coefficient (Wildman–Crippen LogP) is 1.04. The molecule has 0 spiro atoms. The van der Waals surface area contributed by atoms with Gasteiger partial charge in [0.25, 0.3) is 0 Å². The van der Waals surface area contributed by atoms with Crippen molar-refractivity contribution in [3.63, 3.8) is 0 Å². The number of rotatable bonds is 1. The lowest BCUT2D eigenvalue weighted by molar-refractivity contribution is 0.111. The Morgan fingerprint density at radius 3 is 3.00 bits per heavy atom. The summed E-state index contributed by atoms with van der Waals surface area (Å²) in [4.78, 5) is 4.08. The van der Waals surface area contributed by atoms with Gasteiger partial charge in [0.15, 0.2) is 0 Å². The van der Waals surface area contributed by atoms with Crippen molar-refractivity contribution in [2.24, 2.45) is 5.73 Å². The molecular weight excluding hydrogens is 176 g/mol. The van der Waals surface area contributed by atoms with Crippen LogP contribution in [0, 0.1) is 0 Å². The molecule has 1 aromatic rings. The summed E-state index contributed by atoms with van der Waals surface area (Å²) in [6.07, 6.45) is 5.92. The highest BCUT2D eigenvalue weighted by molar-refractivity contribution is 5.18. The molecule has 3 unspecified atom stereocenters. The highest BCUT2D eigenvalue weighted by atomic mass is 16.3. The summed E-state index contributed by atoms with van der Waals surface area (Å²) < 4.78 is 0. The summed E-state index contributed by atoms with van der Waals surface area (Å²) in [6, 6.07) is 4.13. The van der Waals surface area contributed by atoms with Crippen LogP contribution < -0.4 is 5.73 Å². The summed E-state index contributed by atoms with van der Waals surface area (Å²) in [5.74, 6) is 0.271. The number of nitrogens with two attached hydrogens (primary N) is 1. The molecule has 1 heterocycles. The molecular formula is C11H16N2O. The van der Waals surface area contributed by atoms with E-state index in [1.807, 2.05) is 18.3 Å². The number of pyridine rings is 1. The summed E-state index contributed by atoms with van der Waals surface area (Å²) in [7, 11) is 0. The van der Waals surface area contributed by atoms with Crippen LogP contribution in [0.5, 0.6) is 0 Å². The smallest absolute Gasteiger partial charge is 0.0547 e. The zero-order chi connectivity index (χ0) is 9.97. The van der Waals surface area contributed by atoms with E-state index in [0.29, 0.717) is 0 Å². The molecule has 1 aliphatic rings. The number of aliphatic hydroxyl groups excluding tert-OH is 1. The fourth-order valence-corrected chi connectivity index (χ4v) is 2.15. The molecule has 0 saturated heterocycles. The van der Waals surface area contributed by atoms with Crippen molar-refractivity contribution in [3.8, 4) is 0 Å². The Kier molecular flexibility index (Phi) is 2.79. The van der Waals surface area contributed by atoms with Gasteiger partial charge in [-0.15, -0.1) is 0 Å². The van der Waals surface area contributed by atoms with Gasteiger partial charge in [0.2, 0.25) is 0 Å². The van der Waals surface area contributed by atoms with Crippen molar-refractivity contribution in [1.82, 2.24) is 4.98 Å². The lowest BCUT2D eigenvalue weighted by atomic mass is 9.80. The first kappa shape index (κ1) is 9.62. The van der Waals surface area contributed by atoms with Gasteiger partial charge in [-0.05, 0) is 30.9 Å². The molecule has 1 aliphatic carbocycles. The first-order chi connectivity index (χ1) is 6.77. The molecule has 3 nitrogen and oxygen atoms in total. The average molecular weight is 192 g/mol. The van der Waals surface area contributed by atoms with Crippen LogP contribution in [0.15, 0.2) is 24.5 Å². The maximum absolute atomic E-state index is 9.58. The summed E-state index contributed by atoms with van der Waals surface area (Å²) >= 11 is 0. The molecule has 0 bridgehead atoms. The monoisotopic (exact) mass is 192 g/mol. The topological polar surface area (TPSA) is 59.1 Å². The van der Waals surface area contributed by atoms with Gasteiger partial charge >= 0.3 is 0 Å². The van der Waals surface area contributed by atoms with Gasteiger partial charge in [-0.2, -0.15) is 0 Å². The Balaban J connectivity index is 2.16. The first-order valence-electron chi connectivity index (χ1n) is 5.11. The minimum Gasteiger partial charge on any atom is -0.393 e. The third kappa shape index (κ3) is 1.94. The van der Waals surface area contributed by atoms with Crippen LogP contribution in [0.25, 0.3) is 0 Å². The molecule has 3 N–H and O–H groups in total. The van der Waals surface area contributed by atoms with Crippen LogP contribution >= 0.6 is 0 Å². The molecule has 14 heavy (non-hydrogen) atoms. The second kappa shape index (κ2) is 4.07. The number of aliphatic hydroxyl groups is 1. The van der Waals surface area contributed by atoms with E-state index >= 15 is 0 Å². The van der Waals surface area contributed by atoms with Crippen molar-refractivity contribution in [2.75, 3.05) is 0 Å². The molecule has 76 valence electrons. The fourth-order valence-electron chi connectivity index (χ4n) is 2.15. The van der Waals surface area contributed by atoms with Crippen molar-refractivity contribution in [3.05, 3.63) is 30.1 Å². The van der Waals surface area contributed by atoms with Gasteiger partial charge in [0.05, 0.1) is 6.10 Å². The van der Waals surface area contributed by atoms with Crippen molar-refractivity contribution in [2.45, 2.75) is 37.3 Å². The van der Waals surface area contributed by atoms with Crippen LogP contribution in [0.2, 0.25) is 0 Å². The van der Waals surface area contributed by atoms with Crippen LogP contribution in [0.3, 0.4) is 0 Å². The minimum absolute atomic E-state index is 0.169. The molecule has 0 amide bonds. The van der Waals surface area contributed by atoms with Gasteiger partial charge < -0.3 is 10.8 Å². The lowest BCUT2D eigenvalue weighted by Crippen LogP contribution is -2.36. The summed E-state index contributed by atoms with van der Waals surface area (Å²) in [6.45, 7) is 0. The van der Waals surface area contributed by atoms with E-state index in [-0.39, 0.29) is 18.1 Å². The van der Waals surface area contributed by atoms with Crippen molar-refractivity contribution < 1.29 is 5.11 Å². The maximum atomic E-state index is 9.58. The SMILES string of the molecule is NC1CCC(O)CC1c1cccnc1. The molecule has 0 aliphatic heterocycles. The normalized spacial score (nSPS) is 32.9. The number of nitrogens with zero attached hydrogens (tertiary/aromatic N) is 1. The largest absolute Gasteiger partial charge is 0.393 e. The molecule has 3 heteroatoms. The van der Waals surface area contributed by atoms with E-state index in [4.69, 9.17) is 5.73 Å². The van der Waals surface area contributed by atoms with Crippen LogP contribution in [0.1, 0.15) is 30.7 Å². The Hall–Kier alpha value is -0.930. The van der Waals surface area contributed by atoms with Crippen LogP contribution in [-0.4, -0.2) is 22.2 Å². The maximum Gasteiger partial charge on any atom is 0.0547 e. The zero-order valence-electron chi connectivity index (χ0n) is 8.13. The number of hydrogen-bond acceptors (Lipinski definition) is 3. The first-order valence-corrected chi connectivity index (χ1v) is 5.11. The van der Waals surface area contributed by atoms with Crippen LogP contribution in [0.4, 0.5) is 0 Å². The predicted molar refractivity (Wildman–Crippen MR) is 54.8 cm³/mol. The summed E-state index contributed by atoms with van der Waals surface area (Å²) in [5.41, 5.74) is 7.19. The van der Waals surface area contributed by atoms with Gasteiger partial charge in [0.1, 0.15) is 0 Å². The zero-order valence-corrected chi connectivity index (χ0v) is 8.13. The van der Waals surface area contributed by atoms with E-state index in [1.54, 1.807) is 6.20 Å². The molecule has 3 atom stereocenters. The third-order valence-corrected chi connectivity index (χ3v) is 2.99. The average Bonchev–Trinajstić information content (AvgIpc) is 2.23. The molecule has 2 rings (SSSR count). The Bertz CT molecular complexity index is 289. The Morgan fingerprint density at radius 2 is 2.29 bits per heavy atom. The van der Waals surface area contributed by atoms with Gasteiger partial charge in [-0.1, -0.05) is 6.07 Å². The van der Waals surface area contributed by atoms with Gasteiger partial charge in [-0.3, -0.25) is 4.98 Å². The van der Waals surface area contributed by atoms with E-state index in [2.05, 4.69) is 4.98 Å².